The summed E-state index contributed by atoms with van der Waals surface area (Å²) < 4.78 is 6.19. The summed E-state index contributed by atoms with van der Waals surface area (Å²) in [5, 5.41) is 11.1. The number of nitrogens with zero attached hydrogens (tertiary/aromatic N) is 2. The molecule has 0 atom stereocenters. The summed E-state index contributed by atoms with van der Waals surface area (Å²) in [6.07, 6.45) is 2.55. The summed E-state index contributed by atoms with van der Waals surface area (Å²) in [6.45, 7) is 14.3. The Morgan fingerprint density at radius 3 is 2.42 bits per heavy atom. The van der Waals surface area contributed by atoms with Crippen LogP contribution in [0.2, 0.25) is 18.1 Å². The SMILES string of the molecule is CC1CC(c2nnc(CO[Si](C)(C)C(C)(C)C)s2)C1. The Morgan fingerprint density at radius 1 is 1.26 bits per heavy atom. The van der Waals surface area contributed by atoms with Gasteiger partial charge < -0.3 is 4.43 Å². The zero-order chi connectivity index (χ0) is 14.3. The van der Waals surface area contributed by atoms with Gasteiger partial charge in [-0.1, -0.05) is 39.0 Å². The Kier molecular flexibility index (Phi) is 4.19. The van der Waals surface area contributed by atoms with E-state index in [4.69, 9.17) is 4.43 Å². The van der Waals surface area contributed by atoms with E-state index in [-0.39, 0.29) is 5.04 Å². The number of aromatic nitrogens is 2. The molecule has 1 aliphatic carbocycles. The van der Waals surface area contributed by atoms with E-state index in [1.807, 2.05) is 0 Å². The zero-order valence-electron chi connectivity index (χ0n) is 13.0. The lowest BCUT2D eigenvalue weighted by atomic mass is 9.77. The van der Waals surface area contributed by atoms with Crippen LogP contribution in [0.25, 0.3) is 0 Å². The Labute approximate surface area is 121 Å². The standard InChI is InChI=1S/C14H26N2OSSi/c1-10-7-11(8-10)13-16-15-12(18-13)9-17-19(5,6)14(2,3)4/h10-11H,7-9H2,1-6H3. The number of hydrogen-bond acceptors (Lipinski definition) is 4. The van der Waals surface area contributed by atoms with E-state index in [0.29, 0.717) is 12.5 Å². The third-order valence-corrected chi connectivity index (χ3v) is 10.1. The van der Waals surface area contributed by atoms with Gasteiger partial charge in [0.05, 0.1) is 6.61 Å². The highest BCUT2D eigenvalue weighted by molar-refractivity contribution is 7.11. The highest BCUT2D eigenvalue weighted by atomic mass is 32.1. The van der Waals surface area contributed by atoms with Gasteiger partial charge in [-0.25, -0.2) is 0 Å². The molecule has 1 aromatic heterocycles. The molecule has 1 aromatic rings. The molecule has 0 spiro atoms. The molecule has 0 aromatic carbocycles. The second-order valence-electron chi connectivity index (χ2n) is 7.36. The molecule has 0 radical (unpaired) electrons. The van der Waals surface area contributed by atoms with E-state index in [0.717, 1.165) is 10.9 Å². The van der Waals surface area contributed by atoms with Gasteiger partial charge in [-0.3, -0.25) is 0 Å². The molecule has 0 amide bonds. The van der Waals surface area contributed by atoms with E-state index in [1.165, 1.54) is 17.8 Å². The lowest BCUT2D eigenvalue weighted by molar-refractivity contribution is 0.274. The maximum atomic E-state index is 6.19. The van der Waals surface area contributed by atoms with Crippen molar-refractivity contribution in [2.75, 3.05) is 0 Å². The molecule has 0 saturated heterocycles. The van der Waals surface area contributed by atoms with Crippen LogP contribution in [0.5, 0.6) is 0 Å². The molecule has 19 heavy (non-hydrogen) atoms. The average Bonchev–Trinajstić information content (AvgIpc) is 2.69. The fraction of sp³-hybridized carbons (Fsp3) is 0.857. The monoisotopic (exact) mass is 298 g/mol. The van der Waals surface area contributed by atoms with E-state index >= 15 is 0 Å². The predicted molar refractivity (Wildman–Crippen MR) is 83.0 cm³/mol. The first-order valence-electron chi connectivity index (χ1n) is 7.15. The van der Waals surface area contributed by atoms with E-state index in [2.05, 4.69) is 51.0 Å². The molecule has 5 heteroatoms. The third-order valence-electron chi connectivity index (χ3n) is 4.57. The lowest BCUT2D eigenvalue weighted by Crippen LogP contribution is -2.40. The van der Waals surface area contributed by atoms with Gasteiger partial charge in [-0.05, 0) is 36.9 Å². The van der Waals surface area contributed by atoms with Gasteiger partial charge in [0, 0.05) is 5.92 Å². The van der Waals surface area contributed by atoms with Gasteiger partial charge in [0.25, 0.3) is 0 Å². The molecule has 0 unspecified atom stereocenters. The van der Waals surface area contributed by atoms with Crippen molar-refractivity contribution in [3.05, 3.63) is 10.0 Å². The normalized spacial score (nSPS) is 24.3. The van der Waals surface area contributed by atoms with Crippen LogP contribution in [-0.2, 0) is 11.0 Å². The summed E-state index contributed by atoms with van der Waals surface area (Å²) in [5.74, 6) is 1.52. The molecule has 0 N–H and O–H groups in total. The van der Waals surface area contributed by atoms with E-state index < -0.39 is 8.32 Å². The van der Waals surface area contributed by atoms with Crippen molar-refractivity contribution in [3.8, 4) is 0 Å². The maximum absolute atomic E-state index is 6.19. The lowest BCUT2D eigenvalue weighted by Gasteiger charge is -2.35. The molecule has 2 rings (SSSR count). The Balaban J connectivity index is 1.90. The first-order chi connectivity index (χ1) is 8.69. The molecule has 1 aliphatic rings. The summed E-state index contributed by atoms with van der Waals surface area (Å²) in [4.78, 5) is 0. The fourth-order valence-corrected chi connectivity index (χ4v) is 3.97. The van der Waals surface area contributed by atoms with Crippen LogP contribution in [0.1, 0.15) is 56.5 Å². The smallest absolute Gasteiger partial charge is 0.192 e. The molecule has 1 heterocycles. The maximum Gasteiger partial charge on any atom is 0.192 e. The quantitative estimate of drug-likeness (QED) is 0.764. The largest absolute Gasteiger partial charge is 0.410 e. The first-order valence-corrected chi connectivity index (χ1v) is 10.9. The van der Waals surface area contributed by atoms with Crippen molar-refractivity contribution in [2.24, 2.45) is 5.92 Å². The summed E-state index contributed by atoms with van der Waals surface area (Å²) in [6, 6.07) is 0. The van der Waals surface area contributed by atoms with Crippen molar-refractivity contribution in [1.29, 1.82) is 0 Å². The Hall–Kier alpha value is -0.263. The fourth-order valence-electron chi connectivity index (χ4n) is 2.05. The minimum Gasteiger partial charge on any atom is -0.410 e. The van der Waals surface area contributed by atoms with Gasteiger partial charge in [-0.15, -0.1) is 10.2 Å². The van der Waals surface area contributed by atoms with Crippen LogP contribution in [-0.4, -0.2) is 18.5 Å². The van der Waals surface area contributed by atoms with Crippen LogP contribution in [0.15, 0.2) is 0 Å². The predicted octanol–water partition coefficient (Wildman–Crippen LogP) is 4.57. The van der Waals surface area contributed by atoms with Gasteiger partial charge >= 0.3 is 0 Å². The Morgan fingerprint density at radius 2 is 1.89 bits per heavy atom. The molecule has 0 bridgehead atoms. The van der Waals surface area contributed by atoms with Crippen molar-refractivity contribution >= 4 is 19.7 Å². The van der Waals surface area contributed by atoms with Crippen molar-refractivity contribution in [1.82, 2.24) is 10.2 Å². The average molecular weight is 299 g/mol. The molecule has 0 aliphatic heterocycles. The zero-order valence-corrected chi connectivity index (χ0v) is 14.8. The van der Waals surface area contributed by atoms with Crippen LogP contribution >= 0.6 is 11.3 Å². The van der Waals surface area contributed by atoms with Crippen molar-refractivity contribution in [2.45, 2.75) is 71.2 Å². The summed E-state index contributed by atoms with van der Waals surface area (Å²) >= 11 is 1.75. The van der Waals surface area contributed by atoms with Gasteiger partial charge in [0.2, 0.25) is 0 Å². The summed E-state index contributed by atoms with van der Waals surface area (Å²) in [5.41, 5.74) is 0. The molecule has 3 nitrogen and oxygen atoms in total. The van der Waals surface area contributed by atoms with Crippen LogP contribution in [0.4, 0.5) is 0 Å². The second kappa shape index (κ2) is 5.26. The van der Waals surface area contributed by atoms with Gasteiger partial charge in [-0.2, -0.15) is 0 Å². The first kappa shape index (κ1) is 15.1. The topological polar surface area (TPSA) is 35.0 Å². The van der Waals surface area contributed by atoms with E-state index in [9.17, 15) is 0 Å². The highest BCUT2D eigenvalue weighted by Crippen LogP contribution is 2.42. The van der Waals surface area contributed by atoms with Crippen LogP contribution < -0.4 is 0 Å². The Bertz CT molecular complexity index is 433. The third kappa shape index (κ3) is 3.44. The minimum atomic E-state index is -1.67. The van der Waals surface area contributed by atoms with Gasteiger partial charge in [0.1, 0.15) is 10.0 Å². The van der Waals surface area contributed by atoms with Crippen molar-refractivity contribution in [3.63, 3.8) is 0 Å². The minimum absolute atomic E-state index is 0.254. The number of hydrogen-bond donors (Lipinski definition) is 0. The van der Waals surface area contributed by atoms with Gasteiger partial charge in [0.15, 0.2) is 8.32 Å². The molecule has 108 valence electrons. The van der Waals surface area contributed by atoms with Crippen LogP contribution in [0.3, 0.4) is 0 Å². The molecule has 1 fully saturated rings. The molecule has 1 saturated carbocycles. The number of rotatable bonds is 4. The van der Waals surface area contributed by atoms with Crippen molar-refractivity contribution < 1.29 is 4.43 Å². The van der Waals surface area contributed by atoms with Crippen LogP contribution in [0, 0.1) is 5.92 Å². The summed E-state index contributed by atoms with van der Waals surface area (Å²) in [7, 11) is -1.67. The molecular formula is C14H26N2OSSi. The van der Waals surface area contributed by atoms with E-state index in [1.54, 1.807) is 11.3 Å². The highest BCUT2D eigenvalue weighted by Gasteiger charge is 2.37. The second-order valence-corrected chi connectivity index (χ2v) is 13.3. The molecular weight excluding hydrogens is 272 g/mol.